The Labute approximate surface area is 158 Å². The Morgan fingerprint density at radius 2 is 2.08 bits per heavy atom. The highest BCUT2D eigenvalue weighted by Gasteiger charge is 2.44. The molecule has 2 heterocycles. The van der Waals surface area contributed by atoms with Crippen LogP contribution >= 0.6 is 11.3 Å². The van der Waals surface area contributed by atoms with Crippen LogP contribution in [0, 0.1) is 5.92 Å². The molecule has 0 aliphatic carbocycles. The van der Waals surface area contributed by atoms with Crippen molar-refractivity contribution >= 4 is 23.2 Å². The van der Waals surface area contributed by atoms with Crippen molar-refractivity contribution in [2.75, 3.05) is 13.1 Å². The molecule has 2 amide bonds. The first-order chi connectivity index (χ1) is 12.5. The molecule has 4 nitrogen and oxygen atoms in total. The fourth-order valence-electron chi connectivity index (χ4n) is 3.53. The molecule has 0 bridgehead atoms. The minimum Gasteiger partial charge on any atom is -0.352 e. The molecule has 1 aromatic carbocycles. The molecule has 1 aromatic heterocycles. The molecule has 0 saturated carbocycles. The summed E-state index contributed by atoms with van der Waals surface area (Å²) in [6.07, 6.45) is 1.67. The zero-order valence-corrected chi connectivity index (χ0v) is 16.0. The number of benzene rings is 1. The highest BCUT2D eigenvalue weighted by atomic mass is 32.1. The van der Waals surface area contributed by atoms with Crippen LogP contribution in [-0.2, 0) is 4.79 Å². The third-order valence-electron chi connectivity index (χ3n) is 4.54. The maximum Gasteiger partial charge on any atom is 0.254 e. The zero-order valence-electron chi connectivity index (χ0n) is 15.1. The SMILES string of the molecule is C=CCNC(=O)[C@H]1c2ccccc2C(=O)N(CC(C)C)[C@H]1c1cccs1. The Balaban J connectivity index is 2.14. The second-order valence-electron chi connectivity index (χ2n) is 6.91. The summed E-state index contributed by atoms with van der Waals surface area (Å²) in [6.45, 7) is 8.88. The van der Waals surface area contributed by atoms with Crippen LogP contribution in [0.25, 0.3) is 0 Å². The standard InChI is InChI=1S/C21H24N2O2S/c1-4-11-22-20(24)18-15-8-5-6-9-16(15)21(25)23(13-14(2)3)19(18)17-10-7-12-26-17/h4-10,12,14,18-19H,1,11,13H2,2-3H3,(H,22,24)/t18-,19-/m0/s1. The van der Waals surface area contributed by atoms with Gasteiger partial charge in [0.25, 0.3) is 5.91 Å². The van der Waals surface area contributed by atoms with Crippen LogP contribution in [0.1, 0.15) is 46.6 Å². The molecule has 0 saturated heterocycles. The van der Waals surface area contributed by atoms with E-state index < -0.39 is 5.92 Å². The van der Waals surface area contributed by atoms with Gasteiger partial charge in [0, 0.05) is 23.5 Å². The Kier molecular flexibility index (Phi) is 5.57. The summed E-state index contributed by atoms with van der Waals surface area (Å²) in [5.41, 5.74) is 1.43. The average Bonchev–Trinajstić information content (AvgIpc) is 3.15. The van der Waals surface area contributed by atoms with E-state index >= 15 is 0 Å². The smallest absolute Gasteiger partial charge is 0.254 e. The molecule has 2 atom stereocenters. The van der Waals surface area contributed by atoms with E-state index in [4.69, 9.17) is 0 Å². The summed E-state index contributed by atoms with van der Waals surface area (Å²) in [5.74, 6) is -0.192. The summed E-state index contributed by atoms with van der Waals surface area (Å²) in [6, 6.07) is 11.2. The van der Waals surface area contributed by atoms with Gasteiger partial charge in [-0.15, -0.1) is 17.9 Å². The predicted molar refractivity (Wildman–Crippen MR) is 105 cm³/mol. The minimum absolute atomic E-state index is 0.000436. The monoisotopic (exact) mass is 368 g/mol. The predicted octanol–water partition coefficient (Wildman–Crippen LogP) is 3.99. The Hall–Kier alpha value is -2.40. The summed E-state index contributed by atoms with van der Waals surface area (Å²) >= 11 is 1.59. The van der Waals surface area contributed by atoms with Crippen molar-refractivity contribution in [2.45, 2.75) is 25.8 Å². The molecule has 26 heavy (non-hydrogen) atoms. The number of hydrogen-bond acceptors (Lipinski definition) is 3. The lowest BCUT2D eigenvalue weighted by Crippen LogP contribution is -2.48. The van der Waals surface area contributed by atoms with Crippen molar-refractivity contribution in [2.24, 2.45) is 5.92 Å². The topological polar surface area (TPSA) is 49.4 Å². The second kappa shape index (κ2) is 7.87. The second-order valence-corrected chi connectivity index (χ2v) is 7.89. The highest BCUT2D eigenvalue weighted by molar-refractivity contribution is 7.10. The van der Waals surface area contributed by atoms with Gasteiger partial charge < -0.3 is 10.2 Å². The van der Waals surface area contributed by atoms with E-state index in [1.807, 2.05) is 46.7 Å². The van der Waals surface area contributed by atoms with Crippen molar-refractivity contribution in [3.05, 3.63) is 70.4 Å². The quantitative estimate of drug-likeness (QED) is 0.784. The molecule has 1 aliphatic rings. The van der Waals surface area contributed by atoms with Crippen LogP contribution in [0.4, 0.5) is 0 Å². The van der Waals surface area contributed by atoms with E-state index in [-0.39, 0.29) is 17.9 Å². The molecule has 5 heteroatoms. The first kappa shape index (κ1) is 18.4. The van der Waals surface area contributed by atoms with Gasteiger partial charge in [-0.1, -0.05) is 44.2 Å². The molecule has 1 N–H and O–H groups in total. The lowest BCUT2D eigenvalue weighted by Gasteiger charge is -2.42. The van der Waals surface area contributed by atoms with E-state index in [1.165, 1.54) is 0 Å². The molecule has 0 fully saturated rings. The normalized spacial score (nSPS) is 19.3. The molecule has 2 aromatic rings. The van der Waals surface area contributed by atoms with Gasteiger partial charge in [0.2, 0.25) is 5.91 Å². The zero-order chi connectivity index (χ0) is 18.7. The number of fused-ring (bicyclic) bond motifs is 1. The van der Waals surface area contributed by atoms with E-state index in [2.05, 4.69) is 25.7 Å². The van der Waals surface area contributed by atoms with Crippen molar-refractivity contribution in [3.8, 4) is 0 Å². The molecular weight excluding hydrogens is 344 g/mol. The summed E-state index contributed by atoms with van der Waals surface area (Å²) < 4.78 is 0. The van der Waals surface area contributed by atoms with Crippen LogP contribution in [0.15, 0.2) is 54.4 Å². The number of carbonyl (C=O) groups is 2. The van der Waals surface area contributed by atoms with Gasteiger partial charge in [0.1, 0.15) is 0 Å². The van der Waals surface area contributed by atoms with Crippen molar-refractivity contribution in [3.63, 3.8) is 0 Å². The van der Waals surface area contributed by atoms with E-state index in [1.54, 1.807) is 17.4 Å². The fraction of sp³-hybridized carbons (Fsp3) is 0.333. The Morgan fingerprint density at radius 3 is 2.73 bits per heavy atom. The third-order valence-corrected chi connectivity index (χ3v) is 5.48. The van der Waals surface area contributed by atoms with Crippen molar-refractivity contribution in [1.82, 2.24) is 10.2 Å². The van der Waals surface area contributed by atoms with Gasteiger partial charge in [-0.05, 0) is 29.0 Å². The maximum atomic E-state index is 13.2. The van der Waals surface area contributed by atoms with Gasteiger partial charge in [0.15, 0.2) is 0 Å². The van der Waals surface area contributed by atoms with E-state index in [0.717, 1.165) is 10.4 Å². The Bertz CT molecular complexity index is 798. The van der Waals surface area contributed by atoms with Gasteiger partial charge in [-0.25, -0.2) is 0 Å². The van der Waals surface area contributed by atoms with Gasteiger partial charge in [-0.2, -0.15) is 0 Å². The lowest BCUT2D eigenvalue weighted by atomic mass is 9.81. The van der Waals surface area contributed by atoms with Crippen LogP contribution in [0.2, 0.25) is 0 Å². The van der Waals surface area contributed by atoms with Crippen LogP contribution in [0.3, 0.4) is 0 Å². The molecule has 0 unspecified atom stereocenters. The maximum absolute atomic E-state index is 13.2. The largest absolute Gasteiger partial charge is 0.352 e. The first-order valence-corrected chi connectivity index (χ1v) is 9.74. The van der Waals surface area contributed by atoms with Crippen molar-refractivity contribution in [1.29, 1.82) is 0 Å². The van der Waals surface area contributed by atoms with Gasteiger partial charge in [-0.3, -0.25) is 9.59 Å². The van der Waals surface area contributed by atoms with Crippen molar-refractivity contribution < 1.29 is 9.59 Å². The first-order valence-electron chi connectivity index (χ1n) is 8.86. The molecule has 0 radical (unpaired) electrons. The molecular formula is C21H24N2O2S. The minimum atomic E-state index is -0.429. The van der Waals surface area contributed by atoms with Gasteiger partial charge >= 0.3 is 0 Å². The number of nitrogens with zero attached hydrogens (tertiary/aromatic N) is 1. The van der Waals surface area contributed by atoms with E-state index in [9.17, 15) is 9.59 Å². The molecule has 0 spiro atoms. The number of thiophene rings is 1. The van der Waals surface area contributed by atoms with Crippen LogP contribution in [-0.4, -0.2) is 29.8 Å². The average molecular weight is 369 g/mol. The third kappa shape index (κ3) is 3.44. The van der Waals surface area contributed by atoms with Crippen LogP contribution in [0.5, 0.6) is 0 Å². The Morgan fingerprint density at radius 1 is 1.31 bits per heavy atom. The van der Waals surface area contributed by atoms with Crippen LogP contribution < -0.4 is 5.32 Å². The molecule has 136 valence electrons. The van der Waals surface area contributed by atoms with Gasteiger partial charge in [0.05, 0.1) is 12.0 Å². The lowest BCUT2D eigenvalue weighted by molar-refractivity contribution is -0.124. The molecule has 1 aliphatic heterocycles. The number of hydrogen-bond donors (Lipinski definition) is 1. The number of amides is 2. The number of nitrogens with one attached hydrogen (secondary N) is 1. The number of carbonyl (C=O) groups excluding carboxylic acids is 2. The summed E-state index contributed by atoms with van der Waals surface area (Å²) in [5, 5.41) is 4.93. The highest BCUT2D eigenvalue weighted by Crippen LogP contribution is 2.44. The van der Waals surface area contributed by atoms with E-state index in [0.29, 0.717) is 24.6 Å². The molecule has 3 rings (SSSR count). The summed E-state index contributed by atoms with van der Waals surface area (Å²) in [7, 11) is 0. The number of rotatable bonds is 6. The summed E-state index contributed by atoms with van der Waals surface area (Å²) in [4.78, 5) is 29.2. The fourth-order valence-corrected chi connectivity index (χ4v) is 4.40.